The number of likely N-dealkylation sites (tertiary alicyclic amines) is 1. The first-order chi connectivity index (χ1) is 9.67. The molecule has 1 saturated heterocycles. The first-order valence-corrected chi connectivity index (χ1v) is 7.68. The molecule has 1 N–H and O–H groups in total. The quantitative estimate of drug-likeness (QED) is 0.892. The third-order valence-corrected chi connectivity index (χ3v) is 4.24. The van der Waals surface area contributed by atoms with E-state index in [1.54, 1.807) is 0 Å². The summed E-state index contributed by atoms with van der Waals surface area (Å²) in [7, 11) is 4.07. The molecule has 0 amide bonds. The van der Waals surface area contributed by atoms with Crippen LogP contribution < -0.4 is 10.2 Å². The van der Waals surface area contributed by atoms with Crippen molar-refractivity contribution in [3.8, 4) is 0 Å². The Bertz CT molecular complexity index is 404. The minimum atomic E-state index is 0.585. The Morgan fingerprint density at radius 3 is 2.55 bits per heavy atom. The summed E-state index contributed by atoms with van der Waals surface area (Å²) in [6.07, 6.45) is 3.29. The minimum Gasteiger partial charge on any atom is -0.373 e. The predicted molar refractivity (Wildman–Crippen MR) is 84.5 cm³/mol. The van der Waals surface area contributed by atoms with Gasteiger partial charge in [0.1, 0.15) is 17.5 Å². The van der Waals surface area contributed by atoms with Crippen LogP contribution in [0, 0.1) is 0 Å². The number of hydrogen-bond donors (Lipinski definition) is 1. The lowest BCUT2D eigenvalue weighted by molar-refractivity contribution is 0.220. The Hall–Kier alpha value is -1.36. The zero-order valence-electron chi connectivity index (χ0n) is 13.2. The maximum Gasteiger partial charge on any atom is 0.134 e. The van der Waals surface area contributed by atoms with Gasteiger partial charge in [-0.25, -0.2) is 9.97 Å². The number of aryl methyl sites for hydroxylation is 1. The Morgan fingerprint density at radius 1 is 1.30 bits per heavy atom. The number of hydrogen-bond acceptors (Lipinski definition) is 5. The van der Waals surface area contributed by atoms with Gasteiger partial charge in [-0.3, -0.25) is 0 Å². The molecule has 0 bridgehead atoms. The lowest BCUT2D eigenvalue weighted by Gasteiger charge is -2.37. The summed E-state index contributed by atoms with van der Waals surface area (Å²) in [6, 6.07) is 2.63. The fourth-order valence-corrected chi connectivity index (χ4v) is 2.76. The molecule has 1 aliphatic heterocycles. The van der Waals surface area contributed by atoms with E-state index in [9.17, 15) is 0 Å². The van der Waals surface area contributed by atoms with E-state index in [2.05, 4.69) is 46.0 Å². The normalized spacial score (nSPS) is 17.2. The van der Waals surface area contributed by atoms with Crippen LogP contribution in [-0.4, -0.2) is 54.6 Å². The van der Waals surface area contributed by atoms with Gasteiger partial charge in [-0.2, -0.15) is 0 Å². The highest BCUT2D eigenvalue weighted by molar-refractivity contribution is 5.49. The van der Waals surface area contributed by atoms with E-state index >= 15 is 0 Å². The number of aromatic nitrogens is 2. The molecule has 112 valence electrons. The van der Waals surface area contributed by atoms with Crippen molar-refractivity contribution in [2.24, 2.45) is 0 Å². The number of piperidine rings is 1. The fourth-order valence-electron chi connectivity index (χ4n) is 2.76. The molecule has 0 unspecified atom stereocenters. The average Bonchev–Trinajstić information content (AvgIpc) is 2.53. The standard InChI is InChI=1S/C15H27N5/c1-5-13-17-14(16-3)11-15(18-13)19(4)12-7-9-20(6-2)10-8-12/h11-12H,5-10H2,1-4H3,(H,16,17,18). The van der Waals surface area contributed by atoms with Gasteiger partial charge in [0.25, 0.3) is 0 Å². The summed E-state index contributed by atoms with van der Waals surface area (Å²) in [5.74, 6) is 2.85. The minimum absolute atomic E-state index is 0.585. The second kappa shape index (κ2) is 6.88. The predicted octanol–water partition coefficient (Wildman–Crippen LogP) is 2.00. The van der Waals surface area contributed by atoms with E-state index in [1.807, 2.05) is 13.1 Å². The molecule has 0 radical (unpaired) electrons. The molecular formula is C15H27N5. The molecule has 1 aromatic heterocycles. The Kier molecular flexibility index (Phi) is 5.17. The summed E-state index contributed by atoms with van der Waals surface area (Å²) < 4.78 is 0. The van der Waals surface area contributed by atoms with Crippen molar-refractivity contribution in [1.29, 1.82) is 0 Å². The molecular weight excluding hydrogens is 250 g/mol. The summed E-state index contributed by atoms with van der Waals surface area (Å²) in [4.78, 5) is 14.0. The second-order valence-electron chi connectivity index (χ2n) is 5.41. The zero-order chi connectivity index (χ0) is 14.5. The summed E-state index contributed by atoms with van der Waals surface area (Å²) >= 11 is 0. The monoisotopic (exact) mass is 277 g/mol. The van der Waals surface area contributed by atoms with E-state index in [0.29, 0.717) is 6.04 Å². The van der Waals surface area contributed by atoms with Gasteiger partial charge in [0.05, 0.1) is 0 Å². The summed E-state index contributed by atoms with van der Waals surface area (Å²) in [5.41, 5.74) is 0. The largest absolute Gasteiger partial charge is 0.373 e. The Labute approximate surface area is 122 Å². The van der Waals surface area contributed by atoms with Crippen LogP contribution in [-0.2, 0) is 6.42 Å². The van der Waals surface area contributed by atoms with E-state index in [-0.39, 0.29) is 0 Å². The maximum atomic E-state index is 4.68. The van der Waals surface area contributed by atoms with Crippen LogP contribution in [0.1, 0.15) is 32.5 Å². The lowest BCUT2D eigenvalue weighted by atomic mass is 10.0. The molecule has 1 aliphatic rings. The van der Waals surface area contributed by atoms with Gasteiger partial charge in [-0.1, -0.05) is 13.8 Å². The fraction of sp³-hybridized carbons (Fsp3) is 0.733. The van der Waals surface area contributed by atoms with E-state index < -0.39 is 0 Å². The molecule has 0 saturated carbocycles. The Morgan fingerprint density at radius 2 is 2.00 bits per heavy atom. The van der Waals surface area contributed by atoms with Gasteiger partial charge in [0, 0.05) is 45.7 Å². The lowest BCUT2D eigenvalue weighted by Crippen LogP contribution is -2.43. The molecule has 0 aliphatic carbocycles. The number of nitrogens with zero attached hydrogens (tertiary/aromatic N) is 4. The Balaban J connectivity index is 2.10. The van der Waals surface area contributed by atoms with Gasteiger partial charge in [-0.05, 0) is 19.4 Å². The first-order valence-electron chi connectivity index (χ1n) is 7.68. The molecule has 5 heteroatoms. The van der Waals surface area contributed by atoms with Crippen molar-refractivity contribution in [1.82, 2.24) is 14.9 Å². The molecule has 1 aromatic rings. The zero-order valence-corrected chi connectivity index (χ0v) is 13.2. The van der Waals surface area contributed by atoms with Crippen molar-refractivity contribution in [2.75, 3.05) is 43.9 Å². The summed E-state index contributed by atoms with van der Waals surface area (Å²) in [5, 5.41) is 3.13. The van der Waals surface area contributed by atoms with E-state index in [4.69, 9.17) is 0 Å². The molecule has 0 atom stereocenters. The highest BCUT2D eigenvalue weighted by Gasteiger charge is 2.23. The van der Waals surface area contributed by atoms with Crippen LogP contribution in [0.2, 0.25) is 0 Å². The third kappa shape index (κ3) is 3.39. The van der Waals surface area contributed by atoms with Crippen LogP contribution in [0.25, 0.3) is 0 Å². The molecule has 5 nitrogen and oxygen atoms in total. The van der Waals surface area contributed by atoms with Gasteiger partial charge < -0.3 is 15.1 Å². The van der Waals surface area contributed by atoms with Crippen LogP contribution in [0.3, 0.4) is 0 Å². The SMILES string of the molecule is CCc1nc(NC)cc(N(C)C2CCN(CC)CC2)n1. The van der Waals surface area contributed by atoms with Crippen LogP contribution in [0.4, 0.5) is 11.6 Å². The average molecular weight is 277 g/mol. The number of nitrogens with one attached hydrogen (secondary N) is 1. The van der Waals surface area contributed by atoms with Crippen molar-refractivity contribution >= 4 is 11.6 Å². The molecule has 2 rings (SSSR count). The van der Waals surface area contributed by atoms with Gasteiger partial charge in [0.2, 0.25) is 0 Å². The van der Waals surface area contributed by atoms with Gasteiger partial charge in [0.15, 0.2) is 0 Å². The topological polar surface area (TPSA) is 44.3 Å². The number of anilines is 2. The van der Waals surface area contributed by atoms with Crippen molar-refractivity contribution < 1.29 is 0 Å². The van der Waals surface area contributed by atoms with E-state index in [1.165, 1.54) is 25.9 Å². The maximum absolute atomic E-state index is 4.68. The molecule has 0 aromatic carbocycles. The van der Waals surface area contributed by atoms with Crippen LogP contribution in [0.5, 0.6) is 0 Å². The highest BCUT2D eigenvalue weighted by atomic mass is 15.2. The van der Waals surface area contributed by atoms with Crippen molar-refractivity contribution in [2.45, 2.75) is 39.2 Å². The van der Waals surface area contributed by atoms with Crippen LogP contribution >= 0.6 is 0 Å². The van der Waals surface area contributed by atoms with Crippen molar-refractivity contribution in [3.63, 3.8) is 0 Å². The smallest absolute Gasteiger partial charge is 0.134 e. The molecule has 2 heterocycles. The summed E-state index contributed by atoms with van der Waals surface area (Å²) in [6.45, 7) is 7.87. The van der Waals surface area contributed by atoms with Crippen molar-refractivity contribution in [3.05, 3.63) is 11.9 Å². The van der Waals surface area contributed by atoms with Crippen LogP contribution in [0.15, 0.2) is 6.07 Å². The molecule has 1 fully saturated rings. The second-order valence-corrected chi connectivity index (χ2v) is 5.41. The third-order valence-electron chi connectivity index (χ3n) is 4.24. The van der Waals surface area contributed by atoms with E-state index in [0.717, 1.165) is 30.4 Å². The highest BCUT2D eigenvalue weighted by Crippen LogP contribution is 2.22. The number of rotatable bonds is 5. The molecule has 20 heavy (non-hydrogen) atoms. The first kappa shape index (κ1) is 15.0. The van der Waals surface area contributed by atoms with Gasteiger partial charge in [-0.15, -0.1) is 0 Å². The van der Waals surface area contributed by atoms with Gasteiger partial charge >= 0.3 is 0 Å². The molecule has 0 spiro atoms.